The monoisotopic (exact) mass is 258 g/mol. The number of para-hydroxylation sites is 1. The number of H-pyrrole nitrogens is 1. The molecule has 94 valence electrons. The first-order valence-electron chi connectivity index (χ1n) is 5.60. The standard InChI is InChI=1S/C14H8F2N2O/c15-10-6-3-5-9(12(10)16)13-17-11-7-2-1-4-8(11)14(19)18-13/h1-7H,(H,17,18,19). The molecule has 0 radical (unpaired) electrons. The van der Waals surface area contributed by atoms with Gasteiger partial charge in [-0.3, -0.25) is 4.79 Å². The third-order valence-corrected chi connectivity index (χ3v) is 2.82. The summed E-state index contributed by atoms with van der Waals surface area (Å²) in [5.74, 6) is -1.99. The second kappa shape index (κ2) is 4.28. The van der Waals surface area contributed by atoms with Crippen molar-refractivity contribution in [2.24, 2.45) is 0 Å². The van der Waals surface area contributed by atoms with Crippen LogP contribution in [0, 0.1) is 11.6 Å². The van der Waals surface area contributed by atoms with Gasteiger partial charge in [-0.15, -0.1) is 0 Å². The summed E-state index contributed by atoms with van der Waals surface area (Å²) >= 11 is 0. The molecule has 1 aromatic heterocycles. The molecule has 2 aromatic carbocycles. The van der Waals surface area contributed by atoms with Crippen LogP contribution in [-0.4, -0.2) is 9.97 Å². The van der Waals surface area contributed by atoms with Crippen LogP contribution in [0.5, 0.6) is 0 Å². The molecule has 0 aliphatic heterocycles. The topological polar surface area (TPSA) is 45.8 Å². The van der Waals surface area contributed by atoms with Crippen molar-refractivity contribution in [1.29, 1.82) is 0 Å². The maximum absolute atomic E-state index is 13.7. The SMILES string of the molecule is O=c1[nH]c(-c2cccc(F)c2F)nc2ccccc12. The van der Waals surface area contributed by atoms with Crippen LogP contribution in [0.3, 0.4) is 0 Å². The molecule has 0 amide bonds. The highest BCUT2D eigenvalue weighted by Crippen LogP contribution is 2.21. The molecule has 0 saturated carbocycles. The Morgan fingerprint density at radius 3 is 2.63 bits per heavy atom. The molecule has 19 heavy (non-hydrogen) atoms. The van der Waals surface area contributed by atoms with Crippen LogP contribution >= 0.6 is 0 Å². The Morgan fingerprint density at radius 2 is 1.79 bits per heavy atom. The van der Waals surface area contributed by atoms with E-state index in [-0.39, 0.29) is 16.9 Å². The lowest BCUT2D eigenvalue weighted by atomic mass is 10.1. The summed E-state index contributed by atoms with van der Waals surface area (Å²) in [5, 5.41) is 0.406. The molecule has 1 heterocycles. The third kappa shape index (κ3) is 1.89. The van der Waals surface area contributed by atoms with Gasteiger partial charge in [0.1, 0.15) is 5.82 Å². The summed E-state index contributed by atoms with van der Waals surface area (Å²) < 4.78 is 26.9. The largest absolute Gasteiger partial charge is 0.306 e. The number of hydrogen-bond acceptors (Lipinski definition) is 2. The Labute approximate surface area is 106 Å². The van der Waals surface area contributed by atoms with E-state index in [1.54, 1.807) is 24.3 Å². The van der Waals surface area contributed by atoms with Crippen LogP contribution in [0.4, 0.5) is 8.78 Å². The molecule has 3 nitrogen and oxygen atoms in total. The number of benzene rings is 2. The van der Waals surface area contributed by atoms with Gasteiger partial charge in [0.05, 0.1) is 16.5 Å². The van der Waals surface area contributed by atoms with Crippen molar-refractivity contribution in [3.05, 3.63) is 64.5 Å². The normalized spacial score (nSPS) is 10.8. The van der Waals surface area contributed by atoms with Crippen molar-refractivity contribution in [2.75, 3.05) is 0 Å². The number of nitrogens with zero attached hydrogens (tertiary/aromatic N) is 1. The first-order valence-corrected chi connectivity index (χ1v) is 5.60. The number of halogens is 2. The summed E-state index contributed by atoms with van der Waals surface area (Å²) in [6, 6.07) is 10.4. The molecule has 1 N–H and O–H groups in total. The van der Waals surface area contributed by atoms with Crippen LogP contribution in [0.25, 0.3) is 22.3 Å². The summed E-state index contributed by atoms with van der Waals surface area (Å²) in [6.45, 7) is 0. The second-order valence-corrected chi connectivity index (χ2v) is 4.03. The minimum Gasteiger partial charge on any atom is -0.306 e. The molecule has 0 fully saturated rings. The van der Waals surface area contributed by atoms with Gasteiger partial charge in [-0.05, 0) is 24.3 Å². The minimum atomic E-state index is -1.03. The molecule has 0 unspecified atom stereocenters. The van der Waals surface area contributed by atoms with E-state index in [1.807, 2.05) is 0 Å². The molecule has 0 spiro atoms. The number of aromatic amines is 1. The van der Waals surface area contributed by atoms with Gasteiger partial charge in [0.2, 0.25) is 0 Å². The van der Waals surface area contributed by atoms with E-state index < -0.39 is 11.6 Å². The molecular weight excluding hydrogens is 250 g/mol. The zero-order valence-electron chi connectivity index (χ0n) is 9.65. The van der Waals surface area contributed by atoms with Crippen molar-refractivity contribution < 1.29 is 8.78 Å². The number of rotatable bonds is 1. The fourth-order valence-electron chi connectivity index (χ4n) is 1.90. The molecule has 3 rings (SSSR count). The van der Waals surface area contributed by atoms with Crippen LogP contribution < -0.4 is 5.56 Å². The van der Waals surface area contributed by atoms with Crippen molar-refractivity contribution >= 4 is 10.9 Å². The maximum Gasteiger partial charge on any atom is 0.259 e. The molecule has 0 atom stereocenters. The van der Waals surface area contributed by atoms with Gasteiger partial charge >= 0.3 is 0 Å². The molecule has 0 aliphatic rings. The molecule has 0 saturated heterocycles. The van der Waals surface area contributed by atoms with Gasteiger partial charge in [-0.2, -0.15) is 0 Å². The van der Waals surface area contributed by atoms with E-state index in [0.717, 1.165) is 6.07 Å². The van der Waals surface area contributed by atoms with Gasteiger partial charge in [0.25, 0.3) is 5.56 Å². The minimum absolute atomic E-state index is 0.0145. The predicted octanol–water partition coefficient (Wildman–Crippen LogP) is 2.87. The van der Waals surface area contributed by atoms with Crippen molar-refractivity contribution in [3.8, 4) is 11.4 Å². The fraction of sp³-hybridized carbons (Fsp3) is 0. The van der Waals surface area contributed by atoms with Crippen LogP contribution in [0.2, 0.25) is 0 Å². The average Bonchev–Trinajstić information content (AvgIpc) is 2.42. The summed E-state index contributed by atoms with van der Waals surface area (Å²) in [4.78, 5) is 18.5. The van der Waals surface area contributed by atoms with E-state index in [0.29, 0.717) is 10.9 Å². The van der Waals surface area contributed by atoms with Gasteiger partial charge in [0.15, 0.2) is 11.6 Å². The average molecular weight is 258 g/mol. The van der Waals surface area contributed by atoms with Crippen LogP contribution in [0.1, 0.15) is 0 Å². The Kier molecular flexibility index (Phi) is 2.59. The van der Waals surface area contributed by atoms with E-state index in [1.165, 1.54) is 12.1 Å². The van der Waals surface area contributed by atoms with Gasteiger partial charge in [-0.25, -0.2) is 13.8 Å². The Balaban J connectivity index is 2.32. The zero-order valence-corrected chi connectivity index (χ0v) is 9.65. The number of aromatic nitrogens is 2. The highest BCUT2D eigenvalue weighted by atomic mass is 19.2. The highest BCUT2D eigenvalue weighted by molar-refractivity contribution is 5.79. The predicted molar refractivity (Wildman–Crippen MR) is 67.7 cm³/mol. The zero-order chi connectivity index (χ0) is 13.4. The van der Waals surface area contributed by atoms with E-state index in [4.69, 9.17) is 0 Å². The molecule has 0 bridgehead atoms. The number of hydrogen-bond donors (Lipinski definition) is 1. The van der Waals surface area contributed by atoms with Crippen molar-refractivity contribution in [3.63, 3.8) is 0 Å². The van der Waals surface area contributed by atoms with Gasteiger partial charge in [0, 0.05) is 0 Å². The van der Waals surface area contributed by atoms with Gasteiger partial charge < -0.3 is 4.98 Å². The Hall–Kier alpha value is -2.56. The Morgan fingerprint density at radius 1 is 1.00 bits per heavy atom. The molecule has 3 aromatic rings. The second-order valence-electron chi connectivity index (χ2n) is 4.03. The van der Waals surface area contributed by atoms with E-state index >= 15 is 0 Å². The summed E-state index contributed by atoms with van der Waals surface area (Å²) in [5.41, 5.74) is -0.0166. The van der Waals surface area contributed by atoms with Gasteiger partial charge in [-0.1, -0.05) is 18.2 Å². The molecule has 0 aliphatic carbocycles. The van der Waals surface area contributed by atoms with E-state index in [9.17, 15) is 13.6 Å². The van der Waals surface area contributed by atoms with Crippen LogP contribution in [-0.2, 0) is 0 Å². The lowest BCUT2D eigenvalue weighted by Gasteiger charge is -2.04. The fourth-order valence-corrected chi connectivity index (χ4v) is 1.90. The summed E-state index contributed by atoms with van der Waals surface area (Å²) in [6.07, 6.45) is 0. The van der Waals surface area contributed by atoms with E-state index in [2.05, 4.69) is 9.97 Å². The number of fused-ring (bicyclic) bond motifs is 1. The highest BCUT2D eigenvalue weighted by Gasteiger charge is 2.12. The van der Waals surface area contributed by atoms with Crippen LogP contribution in [0.15, 0.2) is 47.3 Å². The maximum atomic E-state index is 13.7. The molecule has 5 heteroatoms. The first kappa shape index (κ1) is 11.5. The molecular formula is C14H8F2N2O. The summed E-state index contributed by atoms with van der Waals surface area (Å²) in [7, 11) is 0. The third-order valence-electron chi connectivity index (χ3n) is 2.82. The Bertz CT molecular complexity index is 827. The number of nitrogens with one attached hydrogen (secondary N) is 1. The lowest BCUT2D eigenvalue weighted by Crippen LogP contribution is -2.10. The smallest absolute Gasteiger partial charge is 0.259 e. The quantitative estimate of drug-likeness (QED) is 0.729. The first-order chi connectivity index (χ1) is 9.16. The van der Waals surface area contributed by atoms with Crippen molar-refractivity contribution in [2.45, 2.75) is 0 Å². The van der Waals surface area contributed by atoms with Crippen molar-refractivity contribution in [1.82, 2.24) is 9.97 Å². The lowest BCUT2D eigenvalue weighted by molar-refractivity contribution is 0.510.